The van der Waals surface area contributed by atoms with E-state index in [-0.39, 0.29) is 47.5 Å². The topological polar surface area (TPSA) is 171 Å². The number of aliphatic hydroxyl groups excluding tert-OH is 1. The smallest absolute Gasteiger partial charge is 0.255 e. The monoisotopic (exact) mass is 494 g/mol. The minimum atomic E-state index is -0.782. The Morgan fingerprint density at radius 2 is 2.17 bits per heavy atom. The summed E-state index contributed by atoms with van der Waals surface area (Å²) < 4.78 is 0. The average Bonchev–Trinajstić information content (AvgIpc) is 3.25. The van der Waals surface area contributed by atoms with Crippen molar-refractivity contribution in [3.05, 3.63) is 52.4 Å². The number of aromatic amines is 1. The highest BCUT2D eigenvalue weighted by atomic mass is 35.5. The summed E-state index contributed by atoms with van der Waals surface area (Å²) in [5, 5.41) is 32.9. The summed E-state index contributed by atoms with van der Waals surface area (Å²) in [6.07, 6.45) is 2.88. The van der Waals surface area contributed by atoms with Gasteiger partial charge in [0, 0.05) is 42.1 Å². The van der Waals surface area contributed by atoms with Crippen LogP contribution in [0.15, 0.2) is 30.6 Å². The fourth-order valence-corrected chi connectivity index (χ4v) is 3.92. The Morgan fingerprint density at radius 1 is 1.40 bits per heavy atom. The first-order valence-electron chi connectivity index (χ1n) is 10.9. The first-order chi connectivity index (χ1) is 16.8. The number of carbonyl (C=O) groups excluding carboxylic acids is 2. The van der Waals surface area contributed by atoms with Crippen LogP contribution in [0.1, 0.15) is 28.5 Å². The zero-order valence-corrected chi connectivity index (χ0v) is 19.6. The number of aromatic nitrogens is 3. The summed E-state index contributed by atoms with van der Waals surface area (Å²) in [7, 11) is 0. The molecule has 3 heterocycles. The zero-order chi connectivity index (χ0) is 25.1. The van der Waals surface area contributed by atoms with Crippen LogP contribution in [0, 0.1) is 22.7 Å². The molecule has 2 aromatic heterocycles. The highest BCUT2D eigenvalue weighted by Crippen LogP contribution is 2.24. The first kappa shape index (κ1) is 24.1. The highest BCUT2D eigenvalue weighted by Gasteiger charge is 2.33. The lowest BCUT2D eigenvalue weighted by Crippen LogP contribution is -2.55. The van der Waals surface area contributed by atoms with E-state index in [1.807, 2.05) is 0 Å². The molecule has 0 bridgehead atoms. The van der Waals surface area contributed by atoms with Gasteiger partial charge in [-0.15, -0.1) is 0 Å². The minimum absolute atomic E-state index is 0.0532. The molecule has 12 heteroatoms. The van der Waals surface area contributed by atoms with Crippen LogP contribution in [0.25, 0.3) is 11.2 Å². The van der Waals surface area contributed by atoms with Crippen molar-refractivity contribution in [1.82, 2.24) is 25.2 Å². The molecule has 1 fully saturated rings. The van der Waals surface area contributed by atoms with Crippen LogP contribution < -0.4 is 10.6 Å². The second kappa shape index (κ2) is 10.1. The molecule has 0 unspecified atom stereocenters. The number of hydrogen-bond acceptors (Lipinski definition) is 8. The van der Waals surface area contributed by atoms with Gasteiger partial charge >= 0.3 is 0 Å². The van der Waals surface area contributed by atoms with Crippen LogP contribution in [0.4, 0.5) is 5.69 Å². The number of likely N-dealkylation sites (tertiary alicyclic amines) is 1. The predicted molar refractivity (Wildman–Crippen MR) is 129 cm³/mol. The summed E-state index contributed by atoms with van der Waals surface area (Å²) in [6.45, 7) is 2.49. The van der Waals surface area contributed by atoms with Crippen molar-refractivity contribution < 1.29 is 14.7 Å². The minimum Gasteiger partial charge on any atom is -0.395 e. The van der Waals surface area contributed by atoms with Gasteiger partial charge in [-0.3, -0.25) is 15.0 Å². The molecule has 3 aromatic rings. The van der Waals surface area contributed by atoms with Crippen molar-refractivity contribution in [1.29, 1.82) is 10.7 Å². The Kier molecular flexibility index (Phi) is 6.95. The van der Waals surface area contributed by atoms with Crippen LogP contribution in [0.2, 0.25) is 5.02 Å². The Balaban J connectivity index is 1.55. The number of anilines is 1. The van der Waals surface area contributed by atoms with E-state index < -0.39 is 11.9 Å². The van der Waals surface area contributed by atoms with E-state index in [1.165, 1.54) is 17.3 Å². The molecule has 0 spiro atoms. The summed E-state index contributed by atoms with van der Waals surface area (Å²) in [4.78, 5) is 38.6. The summed E-state index contributed by atoms with van der Waals surface area (Å²) in [6, 6.07) is 6.29. The van der Waals surface area contributed by atoms with E-state index in [0.29, 0.717) is 35.0 Å². The summed E-state index contributed by atoms with van der Waals surface area (Å²) >= 11 is 6.09. The fraction of sp³-hybridized carbons (Fsp3) is 0.304. The van der Waals surface area contributed by atoms with E-state index in [0.717, 1.165) is 0 Å². The molecular weight excluding hydrogens is 472 g/mol. The van der Waals surface area contributed by atoms with Crippen molar-refractivity contribution in [3.8, 4) is 6.07 Å². The number of nitrogens with one attached hydrogen (secondary N) is 4. The predicted octanol–water partition coefficient (Wildman–Crippen LogP) is 1.53. The number of hydrogen-bond donors (Lipinski definition) is 5. The Labute approximate surface area is 205 Å². The van der Waals surface area contributed by atoms with E-state index in [4.69, 9.17) is 27.4 Å². The molecule has 11 nitrogen and oxygen atoms in total. The number of fused-ring (bicyclic) bond motifs is 1. The Morgan fingerprint density at radius 3 is 2.89 bits per heavy atom. The number of halogens is 1. The molecule has 5 N–H and O–H groups in total. The molecule has 1 aliphatic rings. The molecule has 180 valence electrons. The van der Waals surface area contributed by atoms with Crippen LogP contribution in [-0.2, 0) is 4.79 Å². The number of nitrogens with zero attached hydrogens (tertiary/aromatic N) is 4. The standard InChI is InChI=1S/C23H23ClN8O3/c1-12(23(35)32-10-13(7-25)11-32)30-22(34)16-8-28-21-20(16)31-18(9-29-21)19(26)15-3-2-14(24)6-17(15)27-4-5-33/h2-3,6,8-9,12-13,26-27,33H,4-5,10-11H2,1H3,(H,28,29)(H,30,34)/t12-/m1/s1. The van der Waals surface area contributed by atoms with Gasteiger partial charge in [0.25, 0.3) is 5.91 Å². The second-order valence-corrected chi connectivity index (χ2v) is 8.57. The van der Waals surface area contributed by atoms with Gasteiger partial charge in [-0.2, -0.15) is 5.26 Å². The van der Waals surface area contributed by atoms with Crippen molar-refractivity contribution in [3.63, 3.8) is 0 Å². The molecule has 0 radical (unpaired) electrons. The lowest BCUT2D eigenvalue weighted by molar-refractivity contribution is -0.137. The van der Waals surface area contributed by atoms with Gasteiger partial charge in [-0.05, 0) is 25.1 Å². The third kappa shape index (κ3) is 4.94. The summed E-state index contributed by atoms with van der Waals surface area (Å²) in [5.74, 6) is -0.937. The highest BCUT2D eigenvalue weighted by molar-refractivity contribution is 6.31. The Hall–Kier alpha value is -4.01. The summed E-state index contributed by atoms with van der Waals surface area (Å²) in [5.41, 5.74) is 2.15. The molecule has 0 saturated carbocycles. The lowest BCUT2D eigenvalue weighted by Gasteiger charge is -2.37. The number of aliphatic hydroxyl groups is 1. The maximum Gasteiger partial charge on any atom is 0.255 e. The fourth-order valence-electron chi connectivity index (χ4n) is 3.74. The number of amides is 2. The van der Waals surface area contributed by atoms with Gasteiger partial charge < -0.3 is 25.6 Å². The molecule has 1 aliphatic heterocycles. The van der Waals surface area contributed by atoms with Crippen molar-refractivity contribution >= 4 is 46.0 Å². The van der Waals surface area contributed by atoms with Crippen LogP contribution in [-0.4, -0.2) is 74.8 Å². The number of nitriles is 1. The van der Waals surface area contributed by atoms with Crippen LogP contribution in [0.3, 0.4) is 0 Å². The zero-order valence-electron chi connectivity index (χ0n) is 18.8. The van der Waals surface area contributed by atoms with Crippen LogP contribution >= 0.6 is 11.6 Å². The van der Waals surface area contributed by atoms with Gasteiger partial charge in [-0.25, -0.2) is 9.97 Å². The second-order valence-electron chi connectivity index (χ2n) is 8.13. The molecular formula is C23H23ClN8O3. The van der Waals surface area contributed by atoms with Gasteiger partial charge in [0.15, 0.2) is 5.65 Å². The SMILES string of the molecule is C[C@@H](NC(=O)c1c[nH]c2ncc(C(=N)c3ccc(Cl)cc3NCCO)nc12)C(=O)N1CC(C#N)C1. The van der Waals surface area contributed by atoms with Crippen LogP contribution in [0.5, 0.6) is 0 Å². The number of carbonyl (C=O) groups is 2. The molecule has 1 saturated heterocycles. The average molecular weight is 495 g/mol. The largest absolute Gasteiger partial charge is 0.395 e. The van der Waals surface area contributed by atoms with E-state index >= 15 is 0 Å². The van der Waals surface area contributed by atoms with E-state index in [2.05, 4.69) is 31.7 Å². The van der Waals surface area contributed by atoms with Crippen molar-refractivity contribution in [2.75, 3.05) is 31.6 Å². The van der Waals surface area contributed by atoms with E-state index in [9.17, 15) is 9.59 Å². The number of rotatable bonds is 8. The molecule has 0 aliphatic carbocycles. The number of benzene rings is 1. The van der Waals surface area contributed by atoms with E-state index in [1.54, 1.807) is 25.1 Å². The molecule has 1 atom stereocenters. The lowest BCUT2D eigenvalue weighted by atomic mass is 10.0. The van der Waals surface area contributed by atoms with Gasteiger partial charge in [-0.1, -0.05) is 11.6 Å². The van der Waals surface area contributed by atoms with Gasteiger partial charge in [0.1, 0.15) is 17.3 Å². The normalized spacial score (nSPS) is 14.2. The molecule has 4 rings (SSSR count). The van der Waals surface area contributed by atoms with Gasteiger partial charge in [0.05, 0.1) is 36.1 Å². The van der Waals surface area contributed by atoms with Crippen molar-refractivity contribution in [2.45, 2.75) is 13.0 Å². The Bertz CT molecular complexity index is 1340. The maximum absolute atomic E-state index is 12.9. The number of H-pyrrole nitrogens is 1. The third-order valence-electron chi connectivity index (χ3n) is 5.65. The molecule has 35 heavy (non-hydrogen) atoms. The first-order valence-corrected chi connectivity index (χ1v) is 11.3. The molecule has 1 aromatic carbocycles. The van der Waals surface area contributed by atoms with Gasteiger partial charge in [0.2, 0.25) is 5.91 Å². The van der Waals surface area contributed by atoms with Crippen molar-refractivity contribution in [2.24, 2.45) is 5.92 Å². The molecule has 2 amide bonds. The maximum atomic E-state index is 12.9. The quantitative estimate of drug-likeness (QED) is 0.295. The third-order valence-corrected chi connectivity index (χ3v) is 5.89.